The summed E-state index contributed by atoms with van der Waals surface area (Å²) >= 11 is 0. The third-order valence-corrected chi connectivity index (χ3v) is 4.00. The summed E-state index contributed by atoms with van der Waals surface area (Å²) in [5.41, 5.74) is 0. The second-order valence-electron chi connectivity index (χ2n) is 5.04. The Balaban J connectivity index is 2.74. The van der Waals surface area contributed by atoms with Crippen LogP contribution in [0.4, 0.5) is 0 Å². The van der Waals surface area contributed by atoms with E-state index >= 15 is 0 Å². The Morgan fingerprint density at radius 3 is 2.29 bits per heavy atom. The first kappa shape index (κ1) is 14.0. The Labute approximate surface area is 103 Å². The van der Waals surface area contributed by atoms with Gasteiger partial charge in [-0.15, -0.1) is 0 Å². The number of hydrogen-bond donors (Lipinski definition) is 1. The van der Waals surface area contributed by atoms with Crippen molar-refractivity contribution in [3.63, 3.8) is 0 Å². The summed E-state index contributed by atoms with van der Waals surface area (Å²) in [6.45, 7) is 4.03. The van der Waals surface area contributed by atoms with E-state index < -0.39 is 11.9 Å². The fourth-order valence-corrected chi connectivity index (χ4v) is 2.47. The summed E-state index contributed by atoms with van der Waals surface area (Å²) in [7, 11) is 1.78. The molecule has 1 saturated carbocycles. The van der Waals surface area contributed by atoms with Crippen LogP contribution in [-0.2, 0) is 9.59 Å². The van der Waals surface area contributed by atoms with Gasteiger partial charge in [-0.2, -0.15) is 0 Å². The zero-order valence-electron chi connectivity index (χ0n) is 11.0. The second-order valence-corrected chi connectivity index (χ2v) is 5.04. The maximum absolute atomic E-state index is 12.3. The third-order valence-electron chi connectivity index (χ3n) is 4.00. The van der Waals surface area contributed by atoms with Crippen molar-refractivity contribution in [2.75, 3.05) is 7.05 Å². The topological polar surface area (TPSA) is 57.6 Å². The molecule has 3 unspecified atom stereocenters. The first-order valence-corrected chi connectivity index (χ1v) is 6.48. The number of amides is 1. The van der Waals surface area contributed by atoms with E-state index in [0.717, 1.165) is 25.7 Å². The average molecular weight is 241 g/mol. The average Bonchev–Trinajstić information content (AvgIpc) is 2.35. The van der Waals surface area contributed by atoms with Crippen LogP contribution in [0.25, 0.3) is 0 Å². The van der Waals surface area contributed by atoms with Crippen molar-refractivity contribution < 1.29 is 14.7 Å². The Morgan fingerprint density at radius 1 is 1.29 bits per heavy atom. The largest absolute Gasteiger partial charge is 0.481 e. The van der Waals surface area contributed by atoms with Crippen LogP contribution >= 0.6 is 0 Å². The van der Waals surface area contributed by atoms with E-state index in [2.05, 4.69) is 0 Å². The van der Waals surface area contributed by atoms with Crippen molar-refractivity contribution >= 4 is 11.9 Å². The predicted molar refractivity (Wildman–Crippen MR) is 65.6 cm³/mol. The summed E-state index contributed by atoms with van der Waals surface area (Å²) < 4.78 is 0. The Kier molecular flexibility index (Phi) is 4.97. The first-order chi connectivity index (χ1) is 7.99. The Bertz CT molecular complexity index is 290. The zero-order chi connectivity index (χ0) is 13.0. The van der Waals surface area contributed by atoms with Gasteiger partial charge in [0.1, 0.15) is 0 Å². The monoisotopic (exact) mass is 241 g/mol. The molecule has 1 N–H and O–H groups in total. The lowest BCUT2D eigenvalue weighted by Gasteiger charge is -2.33. The van der Waals surface area contributed by atoms with Gasteiger partial charge in [-0.05, 0) is 26.2 Å². The fourth-order valence-electron chi connectivity index (χ4n) is 2.47. The number of rotatable bonds is 4. The molecule has 3 atom stereocenters. The van der Waals surface area contributed by atoms with Crippen LogP contribution in [-0.4, -0.2) is 35.0 Å². The van der Waals surface area contributed by atoms with Crippen molar-refractivity contribution in [2.45, 2.75) is 52.0 Å². The van der Waals surface area contributed by atoms with Gasteiger partial charge in [0, 0.05) is 13.1 Å². The molecule has 0 saturated heterocycles. The minimum absolute atomic E-state index is 0.00597. The highest BCUT2D eigenvalue weighted by molar-refractivity contribution is 5.85. The molecule has 1 rings (SSSR count). The van der Waals surface area contributed by atoms with E-state index in [-0.39, 0.29) is 17.9 Å². The molecule has 0 aromatic rings. The number of carboxylic acid groups (broad SMARTS) is 1. The fraction of sp³-hybridized carbons (Fsp3) is 0.846. The lowest BCUT2D eigenvalue weighted by atomic mass is 9.78. The molecule has 98 valence electrons. The number of hydrogen-bond acceptors (Lipinski definition) is 2. The lowest BCUT2D eigenvalue weighted by Crippen LogP contribution is -2.44. The van der Waals surface area contributed by atoms with Crippen molar-refractivity contribution in [3.8, 4) is 0 Å². The molecular weight excluding hydrogens is 218 g/mol. The molecule has 1 fully saturated rings. The van der Waals surface area contributed by atoms with Crippen LogP contribution < -0.4 is 0 Å². The number of nitrogens with zero attached hydrogens (tertiary/aromatic N) is 1. The summed E-state index contributed by atoms with van der Waals surface area (Å²) in [5, 5.41) is 9.16. The van der Waals surface area contributed by atoms with E-state index in [0.29, 0.717) is 6.42 Å². The van der Waals surface area contributed by atoms with Gasteiger partial charge in [-0.1, -0.05) is 19.8 Å². The number of carboxylic acids is 1. The molecule has 0 spiro atoms. The highest BCUT2D eigenvalue weighted by Crippen LogP contribution is 2.32. The Morgan fingerprint density at radius 2 is 1.82 bits per heavy atom. The SMILES string of the molecule is CCC(C)N(C)C(=O)C1CCCCC1C(=O)O. The normalized spacial score (nSPS) is 26.3. The van der Waals surface area contributed by atoms with Gasteiger partial charge in [-0.3, -0.25) is 9.59 Å². The van der Waals surface area contributed by atoms with Crippen LogP contribution in [0.15, 0.2) is 0 Å². The van der Waals surface area contributed by atoms with Gasteiger partial charge in [0.25, 0.3) is 0 Å². The van der Waals surface area contributed by atoms with Crippen LogP contribution in [0, 0.1) is 11.8 Å². The highest BCUT2D eigenvalue weighted by atomic mass is 16.4. The third kappa shape index (κ3) is 3.20. The number of carbonyl (C=O) groups excluding carboxylic acids is 1. The van der Waals surface area contributed by atoms with Crippen LogP contribution in [0.3, 0.4) is 0 Å². The van der Waals surface area contributed by atoms with Gasteiger partial charge < -0.3 is 10.0 Å². The molecule has 1 aliphatic rings. The van der Waals surface area contributed by atoms with Gasteiger partial charge in [-0.25, -0.2) is 0 Å². The Hall–Kier alpha value is -1.06. The van der Waals surface area contributed by atoms with E-state index in [1.165, 1.54) is 0 Å². The predicted octanol–water partition coefficient (Wildman–Crippen LogP) is 2.13. The standard InChI is InChI=1S/C13H23NO3/c1-4-9(2)14(3)12(15)10-7-5-6-8-11(10)13(16)17/h9-11H,4-8H2,1-3H3,(H,16,17). The minimum Gasteiger partial charge on any atom is -0.481 e. The smallest absolute Gasteiger partial charge is 0.307 e. The lowest BCUT2D eigenvalue weighted by molar-refractivity contribution is -0.152. The van der Waals surface area contributed by atoms with Gasteiger partial charge in [0.2, 0.25) is 5.91 Å². The van der Waals surface area contributed by atoms with Crippen molar-refractivity contribution in [2.24, 2.45) is 11.8 Å². The first-order valence-electron chi connectivity index (χ1n) is 6.48. The summed E-state index contributed by atoms with van der Waals surface area (Å²) in [6, 6.07) is 0.180. The molecule has 1 aliphatic carbocycles. The maximum atomic E-state index is 12.3. The van der Waals surface area contributed by atoms with E-state index in [9.17, 15) is 9.59 Å². The highest BCUT2D eigenvalue weighted by Gasteiger charge is 2.37. The molecule has 0 aliphatic heterocycles. The van der Waals surface area contributed by atoms with Crippen LogP contribution in [0.1, 0.15) is 46.0 Å². The zero-order valence-corrected chi connectivity index (χ0v) is 11.0. The summed E-state index contributed by atoms with van der Waals surface area (Å²) in [5.74, 6) is -1.62. The van der Waals surface area contributed by atoms with E-state index in [4.69, 9.17) is 5.11 Å². The summed E-state index contributed by atoms with van der Waals surface area (Å²) in [4.78, 5) is 25.2. The van der Waals surface area contributed by atoms with Crippen LogP contribution in [0.2, 0.25) is 0 Å². The van der Waals surface area contributed by atoms with E-state index in [1.807, 2.05) is 13.8 Å². The molecule has 0 radical (unpaired) electrons. The number of aliphatic carboxylic acids is 1. The molecule has 0 aromatic heterocycles. The van der Waals surface area contributed by atoms with Gasteiger partial charge >= 0.3 is 5.97 Å². The van der Waals surface area contributed by atoms with Crippen molar-refractivity contribution in [1.29, 1.82) is 0 Å². The maximum Gasteiger partial charge on any atom is 0.307 e. The quantitative estimate of drug-likeness (QED) is 0.820. The van der Waals surface area contributed by atoms with E-state index in [1.54, 1.807) is 11.9 Å². The molecule has 17 heavy (non-hydrogen) atoms. The summed E-state index contributed by atoms with van der Waals surface area (Å²) in [6.07, 6.45) is 4.14. The minimum atomic E-state index is -0.819. The molecular formula is C13H23NO3. The van der Waals surface area contributed by atoms with Gasteiger partial charge in [0.05, 0.1) is 11.8 Å². The molecule has 4 heteroatoms. The van der Waals surface area contributed by atoms with Crippen molar-refractivity contribution in [1.82, 2.24) is 4.90 Å². The second kappa shape index (κ2) is 6.03. The van der Waals surface area contributed by atoms with Crippen LogP contribution in [0.5, 0.6) is 0 Å². The molecule has 0 aromatic carbocycles. The molecule has 0 heterocycles. The van der Waals surface area contributed by atoms with Gasteiger partial charge in [0.15, 0.2) is 0 Å². The molecule has 1 amide bonds. The molecule has 4 nitrogen and oxygen atoms in total. The molecule has 0 bridgehead atoms. The number of carbonyl (C=O) groups is 2. The van der Waals surface area contributed by atoms with Crippen molar-refractivity contribution in [3.05, 3.63) is 0 Å².